The maximum Gasteiger partial charge on any atom is 0.345 e. The number of thiophene rings is 1. The normalized spacial score (nSPS) is 15.8. The number of nitrogens with one attached hydrogen (secondary N) is 1. The summed E-state index contributed by atoms with van der Waals surface area (Å²) in [4.78, 5) is 26.1. The number of hydrogen-bond acceptors (Lipinski definition) is 6. The van der Waals surface area contributed by atoms with Crippen LogP contribution < -0.4 is 5.32 Å². The summed E-state index contributed by atoms with van der Waals surface area (Å²) in [6.07, 6.45) is 9.46. The first-order valence-electron chi connectivity index (χ1n) is 13.0. The highest BCUT2D eigenvalue weighted by Gasteiger charge is 2.31. The molecule has 0 amide bonds. The molecule has 1 aliphatic heterocycles. The van der Waals surface area contributed by atoms with Crippen LogP contribution in [-0.2, 0) is 6.54 Å². The second-order valence-electron chi connectivity index (χ2n) is 10.0. The van der Waals surface area contributed by atoms with E-state index in [0.29, 0.717) is 10.8 Å². The van der Waals surface area contributed by atoms with Crippen molar-refractivity contribution in [2.45, 2.75) is 51.5 Å². The van der Waals surface area contributed by atoms with Crippen LogP contribution in [0.1, 0.15) is 59.0 Å². The number of aromatic nitrogens is 4. The smallest absolute Gasteiger partial charge is 0.345 e. The van der Waals surface area contributed by atoms with Crippen LogP contribution in [0.25, 0.3) is 43.8 Å². The summed E-state index contributed by atoms with van der Waals surface area (Å²) in [5, 5.41) is 14.5. The third-order valence-electron chi connectivity index (χ3n) is 7.88. The largest absolute Gasteiger partial charge is 0.477 e. The third kappa shape index (κ3) is 3.54. The van der Waals surface area contributed by atoms with Crippen LogP contribution in [0.4, 0.5) is 5.69 Å². The molecule has 186 valence electrons. The zero-order valence-electron chi connectivity index (χ0n) is 20.6. The SMILES string of the molecule is Cc1nccnc1-c1ccc2c3c(ccc2n1)-c1c(C2CCCCC2)c2sc(C(=O)O)cc2n1CCN3. The molecular weight excluding hydrogens is 482 g/mol. The van der Waals surface area contributed by atoms with Crippen LogP contribution in [0.5, 0.6) is 0 Å². The van der Waals surface area contributed by atoms with Gasteiger partial charge in [-0.1, -0.05) is 19.3 Å². The number of carboxylic acids is 1. The van der Waals surface area contributed by atoms with Crippen molar-refractivity contribution in [2.24, 2.45) is 0 Å². The van der Waals surface area contributed by atoms with Gasteiger partial charge in [0, 0.05) is 36.4 Å². The number of fused-ring (bicyclic) bond motifs is 7. The lowest BCUT2D eigenvalue weighted by Gasteiger charge is -2.23. The fraction of sp³-hybridized carbons (Fsp3) is 0.310. The summed E-state index contributed by atoms with van der Waals surface area (Å²) in [6.45, 7) is 3.50. The summed E-state index contributed by atoms with van der Waals surface area (Å²) < 4.78 is 3.51. The monoisotopic (exact) mass is 509 g/mol. The first kappa shape index (κ1) is 22.4. The Kier molecular flexibility index (Phi) is 5.25. The average molecular weight is 510 g/mol. The molecule has 0 saturated heterocycles. The maximum absolute atomic E-state index is 11.9. The van der Waals surface area contributed by atoms with Crippen LogP contribution >= 0.6 is 11.3 Å². The van der Waals surface area contributed by atoms with Gasteiger partial charge in [-0.25, -0.2) is 9.78 Å². The molecule has 5 heterocycles. The van der Waals surface area contributed by atoms with Gasteiger partial charge in [-0.3, -0.25) is 9.97 Å². The van der Waals surface area contributed by atoms with Crippen LogP contribution in [0.2, 0.25) is 0 Å². The molecule has 0 atom stereocenters. The summed E-state index contributed by atoms with van der Waals surface area (Å²) in [5.74, 6) is -0.391. The molecule has 7 nitrogen and oxygen atoms in total. The number of carboxylic acid groups (broad SMARTS) is 1. The van der Waals surface area contributed by atoms with Crippen molar-refractivity contribution in [3.63, 3.8) is 0 Å². The molecule has 0 unspecified atom stereocenters. The van der Waals surface area contributed by atoms with E-state index in [1.165, 1.54) is 47.4 Å². The fourth-order valence-corrected chi connectivity index (χ4v) is 7.35. The molecule has 2 aliphatic rings. The predicted octanol–water partition coefficient (Wildman–Crippen LogP) is 6.85. The van der Waals surface area contributed by atoms with Crippen molar-refractivity contribution in [3.8, 4) is 22.6 Å². The molecule has 8 heteroatoms. The lowest BCUT2D eigenvalue weighted by Crippen LogP contribution is -2.08. The first-order valence-corrected chi connectivity index (χ1v) is 13.8. The highest BCUT2D eigenvalue weighted by Crippen LogP contribution is 2.49. The highest BCUT2D eigenvalue weighted by molar-refractivity contribution is 7.21. The minimum absolute atomic E-state index is 0.421. The third-order valence-corrected chi connectivity index (χ3v) is 9.03. The Balaban J connectivity index is 1.45. The van der Waals surface area contributed by atoms with Gasteiger partial charge in [0.1, 0.15) is 10.6 Å². The first-order chi connectivity index (χ1) is 18.1. The van der Waals surface area contributed by atoms with Crippen LogP contribution in [-0.4, -0.2) is 37.1 Å². The number of hydrogen-bond donors (Lipinski definition) is 2. The standard InChI is InChI=1S/C29H27N5O2S/c1-16-25(31-12-11-30-16)21-10-7-18-20(33-21)9-8-19-26(18)32-13-14-34-22-15-23(29(35)36)37-28(22)24(27(19)34)17-5-3-2-4-6-17/h7-12,15,17,32H,2-6,13-14H2,1H3,(H,35,36). The van der Waals surface area contributed by atoms with E-state index in [0.717, 1.165) is 69.8 Å². The van der Waals surface area contributed by atoms with E-state index in [1.807, 2.05) is 19.1 Å². The second kappa shape index (κ2) is 8.66. The number of benzene rings is 1. The lowest BCUT2D eigenvalue weighted by molar-refractivity contribution is 0.0702. The molecule has 2 N–H and O–H groups in total. The molecule has 0 radical (unpaired) electrons. The number of pyridine rings is 1. The minimum atomic E-state index is -0.844. The van der Waals surface area contributed by atoms with Crippen molar-refractivity contribution in [1.82, 2.24) is 19.5 Å². The van der Waals surface area contributed by atoms with Gasteiger partial charge in [-0.2, -0.15) is 0 Å². The summed E-state index contributed by atoms with van der Waals surface area (Å²) >= 11 is 1.44. The Morgan fingerprint density at radius 1 is 1.11 bits per heavy atom. The zero-order valence-corrected chi connectivity index (χ0v) is 21.4. The molecule has 1 saturated carbocycles. The zero-order chi connectivity index (χ0) is 25.1. The van der Waals surface area contributed by atoms with Crippen molar-refractivity contribution in [3.05, 3.63) is 58.9 Å². The van der Waals surface area contributed by atoms with Crippen molar-refractivity contribution < 1.29 is 9.90 Å². The molecule has 5 aromatic rings. The van der Waals surface area contributed by atoms with Crippen LogP contribution in [0, 0.1) is 6.92 Å². The Bertz CT molecular complexity index is 1700. The molecule has 1 fully saturated rings. The molecule has 37 heavy (non-hydrogen) atoms. The van der Waals surface area contributed by atoms with E-state index in [9.17, 15) is 9.90 Å². The van der Waals surface area contributed by atoms with Gasteiger partial charge in [0.25, 0.3) is 0 Å². The van der Waals surface area contributed by atoms with Crippen LogP contribution in [0.3, 0.4) is 0 Å². The van der Waals surface area contributed by atoms with Gasteiger partial charge in [0.05, 0.1) is 38.5 Å². The molecule has 1 aromatic carbocycles. The number of carbonyl (C=O) groups is 1. The fourth-order valence-electron chi connectivity index (χ4n) is 6.22. The van der Waals surface area contributed by atoms with Gasteiger partial charge in [0.15, 0.2) is 0 Å². The van der Waals surface area contributed by atoms with Crippen molar-refractivity contribution >= 4 is 44.1 Å². The van der Waals surface area contributed by atoms with Gasteiger partial charge >= 0.3 is 5.97 Å². The van der Waals surface area contributed by atoms with E-state index in [4.69, 9.17) is 4.98 Å². The average Bonchev–Trinajstić information content (AvgIpc) is 3.41. The molecular formula is C29H27N5O2S. The molecule has 0 bridgehead atoms. The topological polar surface area (TPSA) is 92.9 Å². The van der Waals surface area contributed by atoms with E-state index >= 15 is 0 Å². The second-order valence-corrected chi connectivity index (χ2v) is 11.1. The van der Waals surface area contributed by atoms with E-state index in [1.54, 1.807) is 12.4 Å². The summed E-state index contributed by atoms with van der Waals surface area (Å²) in [6, 6.07) is 10.3. The molecule has 0 spiro atoms. The predicted molar refractivity (Wildman–Crippen MR) is 148 cm³/mol. The summed E-state index contributed by atoms with van der Waals surface area (Å²) in [5.41, 5.74) is 9.33. The number of aryl methyl sites for hydroxylation is 1. The minimum Gasteiger partial charge on any atom is -0.477 e. The van der Waals surface area contributed by atoms with Crippen molar-refractivity contribution in [2.75, 3.05) is 11.9 Å². The number of rotatable bonds is 3. The number of anilines is 1. The molecule has 7 rings (SSSR count). The molecule has 1 aliphatic carbocycles. The maximum atomic E-state index is 11.9. The Labute approximate surface area is 218 Å². The Hall–Kier alpha value is -3.78. The Morgan fingerprint density at radius 3 is 2.76 bits per heavy atom. The van der Waals surface area contributed by atoms with Gasteiger partial charge in [-0.05, 0) is 61.6 Å². The van der Waals surface area contributed by atoms with Crippen LogP contribution in [0.15, 0.2) is 42.7 Å². The highest BCUT2D eigenvalue weighted by atomic mass is 32.1. The summed E-state index contributed by atoms with van der Waals surface area (Å²) in [7, 11) is 0. The number of aromatic carboxylic acids is 1. The Morgan fingerprint density at radius 2 is 1.95 bits per heavy atom. The van der Waals surface area contributed by atoms with Gasteiger partial charge < -0.3 is 15.0 Å². The number of nitrogens with zero attached hydrogens (tertiary/aromatic N) is 4. The van der Waals surface area contributed by atoms with E-state index < -0.39 is 5.97 Å². The van der Waals surface area contributed by atoms with Gasteiger partial charge in [-0.15, -0.1) is 11.3 Å². The van der Waals surface area contributed by atoms with E-state index in [2.05, 4.69) is 38.1 Å². The van der Waals surface area contributed by atoms with Gasteiger partial charge in [0.2, 0.25) is 0 Å². The van der Waals surface area contributed by atoms with E-state index in [-0.39, 0.29) is 0 Å². The van der Waals surface area contributed by atoms with Crippen molar-refractivity contribution in [1.29, 1.82) is 0 Å². The lowest BCUT2D eigenvalue weighted by atomic mass is 9.83. The molecule has 4 aromatic heterocycles. The quantitative estimate of drug-likeness (QED) is 0.276.